The van der Waals surface area contributed by atoms with Crippen molar-refractivity contribution in [2.45, 2.75) is 64.6 Å². The number of benzene rings is 1. The van der Waals surface area contributed by atoms with Crippen LogP contribution in [0.25, 0.3) is 0 Å². The Balaban J connectivity index is 1.43. The van der Waals surface area contributed by atoms with Crippen molar-refractivity contribution in [3.05, 3.63) is 35.4 Å². The van der Waals surface area contributed by atoms with Crippen LogP contribution >= 0.6 is 0 Å². The van der Waals surface area contributed by atoms with Crippen molar-refractivity contribution in [1.29, 1.82) is 0 Å². The molecule has 2 aliphatic rings. The molecule has 2 fully saturated rings. The molecule has 5 nitrogen and oxygen atoms in total. The monoisotopic (exact) mass is 387 g/mol. The number of hydrogen-bond donors (Lipinski definition) is 1. The molecule has 0 radical (unpaired) electrons. The van der Waals surface area contributed by atoms with E-state index in [4.69, 9.17) is 14.5 Å². The van der Waals surface area contributed by atoms with Crippen LogP contribution < -0.4 is 5.32 Å². The molecule has 0 saturated carbocycles. The Morgan fingerprint density at radius 2 is 2.04 bits per heavy atom. The van der Waals surface area contributed by atoms with Crippen LogP contribution in [0.1, 0.15) is 50.2 Å². The summed E-state index contributed by atoms with van der Waals surface area (Å²) >= 11 is 0. The van der Waals surface area contributed by atoms with Crippen molar-refractivity contribution < 1.29 is 9.47 Å². The molecule has 0 spiro atoms. The molecule has 1 aromatic carbocycles. The second kappa shape index (κ2) is 11.4. The van der Waals surface area contributed by atoms with Crippen LogP contribution in [0, 0.1) is 6.92 Å². The summed E-state index contributed by atoms with van der Waals surface area (Å²) in [6.45, 7) is 9.71. The highest BCUT2D eigenvalue weighted by atomic mass is 16.5. The van der Waals surface area contributed by atoms with Crippen LogP contribution in [0.3, 0.4) is 0 Å². The van der Waals surface area contributed by atoms with E-state index >= 15 is 0 Å². The molecular formula is C23H37N3O2. The minimum Gasteiger partial charge on any atom is -0.376 e. The number of rotatable bonds is 7. The maximum absolute atomic E-state index is 6.15. The van der Waals surface area contributed by atoms with Gasteiger partial charge in [0, 0.05) is 32.8 Å². The minimum absolute atomic E-state index is 0.312. The fraction of sp³-hybridized carbons (Fsp3) is 0.696. The first-order valence-electron chi connectivity index (χ1n) is 11.1. The predicted molar refractivity (Wildman–Crippen MR) is 115 cm³/mol. The molecule has 3 rings (SSSR count). The van der Waals surface area contributed by atoms with Crippen molar-refractivity contribution in [2.24, 2.45) is 4.99 Å². The number of aryl methyl sites for hydroxylation is 1. The number of nitrogens with one attached hydrogen (secondary N) is 1. The van der Waals surface area contributed by atoms with Gasteiger partial charge in [0.2, 0.25) is 0 Å². The molecular weight excluding hydrogens is 350 g/mol. The van der Waals surface area contributed by atoms with Crippen molar-refractivity contribution in [2.75, 3.05) is 39.4 Å². The van der Waals surface area contributed by atoms with Gasteiger partial charge in [-0.15, -0.1) is 0 Å². The number of ether oxygens (including phenoxy) is 2. The Bertz CT molecular complexity index is 606. The molecule has 1 aromatic rings. The second-order valence-electron chi connectivity index (χ2n) is 7.92. The van der Waals surface area contributed by atoms with Crippen molar-refractivity contribution in [1.82, 2.24) is 10.2 Å². The van der Waals surface area contributed by atoms with Gasteiger partial charge in [-0.1, -0.05) is 24.3 Å². The first kappa shape index (κ1) is 21.1. The SMILES string of the molecule is CCNC(=NCCc1ccccc1C)N1CCC(OCC2CCCCO2)CC1. The number of aliphatic imine (C=N–C) groups is 1. The highest BCUT2D eigenvalue weighted by Crippen LogP contribution is 2.18. The summed E-state index contributed by atoms with van der Waals surface area (Å²) in [5.41, 5.74) is 2.74. The fourth-order valence-electron chi connectivity index (χ4n) is 4.02. The van der Waals surface area contributed by atoms with Gasteiger partial charge in [0.15, 0.2) is 5.96 Å². The molecule has 156 valence electrons. The number of guanidine groups is 1. The van der Waals surface area contributed by atoms with Gasteiger partial charge in [-0.3, -0.25) is 4.99 Å². The van der Waals surface area contributed by atoms with Gasteiger partial charge in [-0.05, 0) is 63.5 Å². The van der Waals surface area contributed by atoms with E-state index in [2.05, 4.69) is 48.3 Å². The zero-order valence-electron chi connectivity index (χ0n) is 17.7. The summed E-state index contributed by atoms with van der Waals surface area (Å²) in [6, 6.07) is 8.59. The van der Waals surface area contributed by atoms with E-state index in [1.807, 2.05) is 0 Å². The molecule has 0 aromatic heterocycles. The summed E-state index contributed by atoms with van der Waals surface area (Å²) < 4.78 is 11.9. The van der Waals surface area contributed by atoms with E-state index in [0.717, 1.165) is 71.0 Å². The minimum atomic E-state index is 0.312. The zero-order valence-corrected chi connectivity index (χ0v) is 17.7. The summed E-state index contributed by atoms with van der Waals surface area (Å²) in [7, 11) is 0. The highest BCUT2D eigenvalue weighted by Gasteiger charge is 2.23. The molecule has 1 unspecified atom stereocenters. The fourth-order valence-corrected chi connectivity index (χ4v) is 4.02. The van der Waals surface area contributed by atoms with Gasteiger partial charge in [0.1, 0.15) is 0 Å². The van der Waals surface area contributed by atoms with Crippen molar-refractivity contribution in [3.63, 3.8) is 0 Å². The van der Waals surface area contributed by atoms with Gasteiger partial charge in [-0.2, -0.15) is 0 Å². The Labute approximate surface area is 170 Å². The molecule has 0 amide bonds. The topological polar surface area (TPSA) is 46.1 Å². The van der Waals surface area contributed by atoms with Crippen LogP contribution in [0.4, 0.5) is 0 Å². The lowest BCUT2D eigenvalue weighted by atomic mass is 10.1. The van der Waals surface area contributed by atoms with Gasteiger partial charge in [0.25, 0.3) is 0 Å². The lowest BCUT2D eigenvalue weighted by molar-refractivity contribution is -0.0721. The second-order valence-corrected chi connectivity index (χ2v) is 7.92. The number of hydrogen-bond acceptors (Lipinski definition) is 3. The Morgan fingerprint density at radius 1 is 1.21 bits per heavy atom. The largest absolute Gasteiger partial charge is 0.376 e. The molecule has 0 aliphatic carbocycles. The molecule has 5 heteroatoms. The van der Waals surface area contributed by atoms with Gasteiger partial charge in [0.05, 0.1) is 18.8 Å². The Hall–Kier alpha value is -1.59. The molecule has 1 atom stereocenters. The van der Waals surface area contributed by atoms with E-state index < -0.39 is 0 Å². The van der Waals surface area contributed by atoms with Crippen LogP contribution in [-0.2, 0) is 15.9 Å². The summed E-state index contributed by atoms with van der Waals surface area (Å²) in [6.07, 6.45) is 7.41. The van der Waals surface area contributed by atoms with Crippen LogP contribution in [-0.4, -0.2) is 62.5 Å². The van der Waals surface area contributed by atoms with Crippen LogP contribution in [0.5, 0.6) is 0 Å². The summed E-state index contributed by atoms with van der Waals surface area (Å²) in [5.74, 6) is 1.05. The van der Waals surface area contributed by atoms with E-state index in [-0.39, 0.29) is 0 Å². The Morgan fingerprint density at radius 3 is 2.75 bits per heavy atom. The quantitative estimate of drug-likeness (QED) is 0.574. The lowest BCUT2D eigenvalue weighted by Crippen LogP contribution is -2.47. The molecule has 28 heavy (non-hydrogen) atoms. The molecule has 2 heterocycles. The first-order valence-corrected chi connectivity index (χ1v) is 11.1. The predicted octanol–water partition coefficient (Wildman–Crippen LogP) is 3.55. The van der Waals surface area contributed by atoms with Crippen molar-refractivity contribution >= 4 is 5.96 Å². The lowest BCUT2D eigenvalue weighted by Gasteiger charge is -2.35. The average Bonchev–Trinajstić information content (AvgIpc) is 2.74. The molecule has 2 aliphatic heterocycles. The van der Waals surface area contributed by atoms with Crippen molar-refractivity contribution in [3.8, 4) is 0 Å². The first-order chi connectivity index (χ1) is 13.8. The van der Waals surface area contributed by atoms with E-state index in [9.17, 15) is 0 Å². The van der Waals surface area contributed by atoms with Crippen LogP contribution in [0.2, 0.25) is 0 Å². The summed E-state index contributed by atoms with van der Waals surface area (Å²) in [5, 5.41) is 3.47. The van der Waals surface area contributed by atoms with Gasteiger partial charge < -0.3 is 19.7 Å². The number of piperidine rings is 1. The average molecular weight is 388 g/mol. The maximum Gasteiger partial charge on any atom is 0.193 e. The smallest absolute Gasteiger partial charge is 0.193 e. The zero-order chi connectivity index (χ0) is 19.6. The van der Waals surface area contributed by atoms with E-state index in [1.165, 1.54) is 24.0 Å². The highest BCUT2D eigenvalue weighted by molar-refractivity contribution is 5.80. The third-order valence-electron chi connectivity index (χ3n) is 5.77. The third kappa shape index (κ3) is 6.49. The molecule has 0 bridgehead atoms. The number of likely N-dealkylation sites (tertiary alicyclic amines) is 1. The normalized spacial score (nSPS) is 21.7. The standard InChI is InChI=1S/C23H37N3O2/c1-3-24-23(25-14-11-20-9-5-4-8-19(20)2)26-15-12-21(13-16-26)28-18-22-10-6-7-17-27-22/h4-5,8-9,21-22H,3,6-7,10-18H2,1-2H3,(H,24,25). The number of nitrogens with zero attached hydrogens (tertiary/aromatic N) is 2. The van der Waals surface area contributed by atoms with Gasteiger partial charge in [-0.25, -0.2) is 0 Å². The van der Waals surface area contributed by atoms with Gasteiger partial charge >= 0.3 is 0 Å². The third-order valence-corrected chi connectivity index (χ3v) is 5.77. The van der Waals surface area contributed by atoms with E-state index in [1.54, 1.807) is 0 Å². The van der Waals surface area contributed by atoms with E-state index in [0.29, 0.717) is 12.2 Å². The maximum atomic E-state index is 6.15. The molecule has 1 N–H and O–H groups in total. The summed E-state index contributed by atoms with van der Waals surface area (Å²) in [4.78, 5) is 7.28. The van der Waals surface area contributed by atoms with Crippen LogP contribution in [0.15, 0.2) is 29.3 Å². The molecule has 2 saturated heterocycles. The Kier molecular flexibility index (Phi) is 8.62.